The molecule has 0 fully saturated rings. The van der Waals surface area contributed by atoms with Crippen LogP contribution in [-0.2, 0) is 4.79 Å². The number of nitrogens with two attached hydrogens (primary N) is 1. The Morgan fingerprint density at radius 1 is 1.56 bits per heavy atom. The summed E-state index contributed by atoms with van der Waals surface area (Å²) in [6.07, 6.45) is 3.86. The lowest BCUT2D eigenvalue weighted by atomic mass is 10.1. The fourth-order valence-corrected chi connectivity index (χ4v) is 1.37. The van der Waals surface area contributed by atoms with Crippen LogP contribution in [0.3, 0.4) is 0 Å². The van der Waals surface area contributed by atoms with Gasteiger partial charge in [-0.3, -0.25) is 9.79 Å². The third kappa shape index (κ3) is 9.79. The number of aliphatic imine (C=N–C) groups is 1. The minimum absolute atomic E-state index is 0.513. The molecule has 0 unspecified atom stereocenters. The van der Waals surface area contributed by atoms with Crippen LogP contribution in [0.2, 0.25) is 0 Å². The molecule has 1 atom stereocenters. The third-order valence-electron chi connectivity index (χ3n) is 1.82. The van der Waals surface area contributed by atoms with Crippen LogP contribution in [0.1, 0.15) is 33.1 Å². The Labute approximate surface area is 101 Å². The number of unbranched alkanes of at least 4 members (excludes halogenated alkanes) is 1. The van der Waals surface area contributed by atoms with Crippen LogP contribution in [0.4, 0.5) is 0 Å². The highest BCUT2D eigenvalue weighted by Gasteiger charge is 2.09. The van der Waals surface area contributed by atoms with Crippen molar-refractivity contribution in [3.63, 3.8) is 0 Å². The summed E-state index contributed by atoms with van der Waals surface area (Å²) in [5, 5.41) is 9.07. The zero-order valence-electron chi connectivity index (χ0n) is 9.85. The minimum Gasteiger partial charge on any atom is -0.480 e. The second-order valence-corrected chi connectivity index (χ2v) is 5.17. The topological polar surface area (TPSA) is 87.7 Å². The van der Waals surface area contributed by atoms with E-state index in [1.54, 1.807) is 18.3 Å². The fraction of sp³-hybridized carbons (Fsp3) is 0.800. The molecule has 0 radical (unpaired) electrons. The van der Waals surface area contributed by atoms with Crippen LogP contribution < -0.4 is 10.5 Å². The molecule has 4 N–H and O–H groups in total. The summed E-state index contributed by atoms with van der Waals surface area (Å²) < 4.78 is 3.01. The van der Waals surface area contributed by atoms with Crippen molar-refractivity contribution < 1.29 is 9.90 Å². The number of hydrogen-bond donors (Lipinski definition) is 3. The highest BCUT2D eigenvalue weighted by atomic mass is 32.2. The van der Waals surface area contributed by atoms with Gasteiger partial charge >= 0.3 is 5.97 Å². The first-order valence-electron chi connectivity index (χ1n) is 5.42. The van der Waals surface area contributed by atoms with Gasteiger partial charge in [0.05, 0.1) is 6.34 Å². The van der Waals surface area contributed by atoms with Crippen LogP contribution in [-0.4, -0.2) is 35.3 Å². The molecule has 0 rings (SSSR count). The summed E-state index contributed by atoms with van der Waals surface area (Å²) >= 11 is 1.61. The molecule has 0 saturated heterocycles. The van der Waals surface area contributed by atoms with E-state index in [9.17, 15) is 4.79 Å². The lowest BCUT2D eigenvalue weighted by Crippen LogP contribution is -2.29. The first kappa shape index (κ1) is 15.2. The van der Waals surface area contributed by atoms with Crippen LogP contribution >= 0.6 is 11.9 Å². The van der Waals surface area contributed by atoms with Crippen molar-refractivity contribution in [3.8, 4) is 0 Å². The molecule has 0 aliphatic carbocycles. The van der Waals surface area contributed by atoms with E-state index < -0.39 is 12.0 Å². The first-order chi connectivity index (χ1) is 7.54. The van der Waals surface area contributed by atoms with Crippen LogP contribution in [0.5, 0.6) is 0 Å². The van der Waals surface area contributed by atoms with E-state index in [-0.39, 0.29) is 0 Å². The van der Waals surface area contributed by atoms with E-state index in [4.69, 9.17) is 10.8 Å². The monoisotopic (exact) mass is 247 g/mol. The first-order valence-corrected chi connectivity index (χ1v) is 6.30. The average Bonchev–Trinajstić information content (AvgIpc) is 2.21. The second kappa shape index (κ2) is 9.47. The molecule has 0 amide bonds. The molecule has 0 aromatic heterocycles. The lowest BCUT2D eigenvalue weighted by molar-refractivity contribution is -0.138. The predicted octanol–water partition coefficient (Wildman–Crippen LogP) is 1.24. The second-order valence-electron chi connectivity index (χ2n) is 3.76. The quantitative estimate of drug-likeness (QED) is 0.247. The van der Waals surface area contributed by atoms with Crippen molar-refractivity contribution in [1.82, 2.24) is 4.72 Å². The molecule has 0 heterocycles. The van der Waals surface area contributed by atoms with E-state index in [0.717, 1.165) is 12.8 Å². The molecule has 5 nitrogen and oxygen atoms in total. The Morgan fingerprint density at radius 3 is 2.81 bits per heavy atom. The number of carbonyl (C=O) groups is 1. The van der Waals surface area contributed by atoms with Gasteiger partial charge in [-0.1, -0.05) is 13.8 Å². The Bertz CT molecular complexity index is 222. The van der Waals surface area contributed by atoms with Crippen LogP contribution in [0.15, 0.2) is 4.99 Å². The van der Waals surface area contributed by atoms with Crippen molar-refractivity contribution in [2.45, 2.75) is 44.4 Å². The van der Waals surface area contributed by atoms with Gasteiger partial charge in [0, 0.05) is 11.8 Å². The van der Waals surface area contributed by atoms with Crippen molar-refractivity contribution in [2.24, 2.45) is 10.7 Å². The molecule has 0 bridgehead atoms. The Hall–Kier alpha value is -0.750. The Kier molecular flexibility index (Phi) is 9.03. The number of carboxylic acids is 1. The molecule has 94 valence electrons. The third-order valence-corrected chi connectivity index (χ3v) is 2.53. The number of hydrogen-bond acceptors (Lipinski definition) is 4. The van der Waals surface area contributed by atoms with Gasteiger partial charge in [0.15, 0.2) is 0 Å². The number of nitrogens with zero attached hydrogens (tertiary/aromatic N) is 1. The molecule has 0 aliphatic rings. The SMILES string of the molecule is CC(C)SNC=NCCCC[C@@H](N)C(=O)O. The van der Waals surface area contributed by atoms with Crippen molar-refractivity contribution in [3.05, 3.63) is 0 Å². The molecule has 0 spiro atoms. The van der Waals surface area contributed by atoms with Crippen LogP contribution in [0, 0.1) is 0 Å². The summed E-state index contributed by atoms with van der Waals surface area (Å²) in [7, 11) is 0. The van der Waals surface area contributed by atoms with E-state index in [0.29, 0.717) is 18.2 Å². The standard InChI is InChI=1S/C10H21N3O2S/c1-8(2)16-13-7-12-6-4-3-5-9(11)10(14)15/h7-9H,3-6,11H2,1-2H3,(H,12,13)(H,14,15)/t9-/m1/s1. The van der Waals surface area contributed by atoms with Gasteiger partial charge in [-0.05, 0) is 31.2 Å². The van der Waals surface area contributed by atoms with Crippen molar-refractivity contribution in [2.75, 3.05) is 6.54 Å². The summed E-state index contributed by atoms with van der Waals surface area (Å²) in [6, 6.07) is -0.737. The van der Waals surface area contributed by atoms with E-state index in [1.807, 2.05) is 0 Å². The maximum absolute atomic E-state index is 10.4. The normalized spacial score (nSPS) is 13.2. The van der Waals surface area contributed by atoms with Crippen molar-refractivity contribution in [1.29, 1.82) is 0 Å². The molecule has 0 saturated carbocycles. The van der Waals surface area contributed by atoms with Gasteiger partial charge in [-0.2, -0.15) is 0 Å². The molecule has 16 heavy (non-hydrogen) atoms. The zero-order valence-corrected chi connectivity index (χ0v) is 10.7. The molecule has 0 aliphatic heterocycles. The summed E-state index contributed by atoms with van der Waals surface area (Å²) in [5.41, 5.74) is 5.36. The molecule has 0 aromatic carbocycles. The maximum Gasteiger partial charge on any atom is 0.320 e. The zero-order chi connectivity index (χ0) is 12.4. The molecule has 0 aromatic rings. The van der Waals surface area contributed by atoms with Crippen molar-refractivity contribution >= 4 is 24.3 Å². The van der Waals surface area contributed by atoms with Gasteiger partial charge in [0.1, 0.15) is 6.04 Å². The minimum atomic E-state index is -0.932. The maximum atomic E-state index is 10.4. The van der Waals surface area contributed by atoms with E-state index in [2.05, 4.69) is 23.6 Å². The number of aliphatic carboxylic acids is 1. The summed E-state index contributed by atoms with van der Waals surface area (Å²) in [5.74, 6) is -0.932. The highest BCUT2D eigenvalue weighted by molar-refractivity contribution is 7.98. The van der Waals surface area contributed by atoms with Crippen LogP contribution in [0.25, 0.3) is 0 Å². The van der Waals surface area contributed by atoms with Gasteiger partial charge in [0.2, 0.25) is 0 Å². The van der Waals surface area contributed by atoms with Gasteiger partial charge < -0.3 is 15.6 Å². The number of carboxylic acid groups (broad SMARTS) is 1. The largest absolute Gasteiger partial charge is 0.480 e. The van der Waals surface area contributed by atoms with Gasteiger partial charge in [0.25, 0.3) is 0 Å². The van der Waals surface area contributed by atoms with Gasteiger partial charge in [-0.25, -0.2) is 0 Å². The number of nitrogens with one attached hydrogen (secondary N) is 1. The molecule has 6 heteroatoms. The Morgan fingerprint density at radius 2 is 2.25 bits per heavy atom. The highest BCUT2D eigenvalue weighted by Crippen LogP contribution is 2.01. The lowest BCUT2D eigenvalue weighted by Gasteiger charge is -2.04. The smallest absolute Gasteiger partial charge is 0.320 e. The van der Waals surface area contributed by atoms with E-state index in [1.165, 1.54) is 0 Å². The summed E-state index contributed by atoms with van der Waals surface area (Å²) in [6.45, 7) is 4.90. The number of rotatable bonds is 9. The fourth-order valence-electron chi connectivity index (χ4n) is 0.959. The summed E-state index contributed by atoms with van der Waals surface area (Å²) in [4.78, 5) is 14.5. The van der Waals surface area contributed by atoms with Gasteiger partial charge in [-0.15, -0.1) is 0 Å². The Balaban J connectivity index is 3.30. The van der Waals surface area contributed by atoms with E-state index >= 15 is 0 Å². The molecular formula is C10H21N3O2S. The predicted molar refractivity (Wildman–Crippen MR) is 68.7 cm³/mol. The molecular weight excluding hydrogens is 226 g/mol. The average molecular weight is 247 g/mol.